The van der Waals surface area contributed by atoms with E-state index in [2.05, 4.69) is 36.8 Å². The number of halogens is 3. The van der Waals surface area contributed by atoms with Gasteiger partial charge in [-0.25, -0.2) is 13.5 Å². The Morgan fingerprint density at radius 3 is 2.21 bits per heavy atom. The van der Waals surface area contributed by atoms with Gasteiger partial charge in [-0.05, 0) is 114 Å². The second-order valence-corrected chi connectivity index (χ2v) is 12.5. The highest BCUT2D eigenvalue weighted by molar-refractivity contribution is 6.30. The SMILES string of the molecule is CC.CC(C)(C)N1CCC(c2ccc(F)cc2F)C1.Cc1cc(CCC2CCN(C=O)CC2)n(-c2ccc(Cl)cc2)n1. The molecule has 0 spiro atoms. The average Bonchev–Trinajstić information content (AvgIpc) is 3.61. The molecule has 2 aliphatic rings. The molecule has 2 aromatic carbocycles. The number of hydrogen-bond acceptors (Lipinski definition) is 3. The third-order valence-corrected chi connectivity index (χ3v) is 8.37. The van der Waals surface area contributed by atoms with Crippen molar-refractivity contribution < 1.29 is 13.6 Å². The molecule has 3 aromatic rings. The molecule has 1 unspecified atom stereocenters. The van der Waals surface area contributed by atoms with Gasteiger partial charge in [-0.3, -0.25) is 9.69 Å². The number of likely N-dealkylation sites (tertiary alicyclic amines) is 2. The molecule has 42 heavy (non-hydrogen) atoms. The highest BCUT2D eigenvalue weighted by Crippen LogP contribution is 2.33. The Labute approximate surface area is 255 Å². The summed E-state index contributed by atoms with van der Waals surface area (Å²) in [5, 5.41) is 5.36. The molecular weight excluding hydrogens is 554 g/mol. The standard InChI is InChI=1S/C18H22ClN3O.C14H19F2N.C2H6/c1-14-12-18(5-2-15-8-10-21(13-23)11-9-15)22(20-14)17-6-3-16(19)4-7-17;1-14(2,3)17-7-6-10(9-17)12-5-4-11(15)8-13(12)16;1-2/h3-4,6-7,12-13,15H,2,5,8-11H2,1H3;4-5,8,10H,6-7,9H2,1-3H3;1-2H3. The molecule has 5 nitrogen and oxygen atoms in total. The number of amides is 1. The molecule has 1 atom stereocenters. The normalized spacial score (nSPS) is 17.7. The molecule has 0 saturated carbocycles. The fourth-order valence-electron chi connectivity index (χ4n) is 5.69. The van der Waals surface area contributed by atoms with Gasteiger partial charge in [0.2, 0.25) is 6.41 Å². The van der Waals surface area contributed by atoms with Crippen LogP contribution in [0.5, 0.6) is 0 Å². The zero-order valence-electron chi connectivity index (χ0n) is 26.0. The van der Waals surface area contributed by atoms with Crippen LogP contribution in [0.2, 0.25) is 5.02 Å². The number of aromatic nitrogens is 2. The summed E-state index contributed by atoms with van der Waals surface area (Å²) < 4.78 is 28.5. The lowest BCUT2D eigenvalue weighted by Gasteiger charge is -2.31. The van der Waals surface area contributed by atoms with Crippen LogP contribution < -0.4 is 0 Å². The minimum atomic E-state index is -0.503. The first kappa shape index (κ1) is 33.7. The van der Waals surface area contributed by atoms with Crippen molar-refractivity contribution in [1.82, 2.24) is 19.6 Å². The van der Waals surface area contributed by atoms with Crippen LogP contribution in [-0.2, 0) is 11.2 Å². The lowest BCUT2D eigenvalue weighted by atomic mass is 9.92. The predicted molar refractivity (Wildman–Crippen MR) is 168 cm³/mol. The molecule has 0 radical (unpaired) electrons. The first-order valence-corrected chi connectivity index (χ1v) is 15.6. The van der Waals surface area contributed by atoms with Crippen molar-refractivity contribution in [3.8, 4) is 5.69 Å². The molecule has 230 valence electrons. The number of rotatable bonds is 6. The smallest absolute Gasteiger partial charge is 0.209 e. The number of carbonyl (C=O) groups is 1. The van der Waals surface area contributed by atoms with Gasteiger partial charge >= 0.3 is 0 Å². The van der Waals surface area contributed by atoms with Gasteiger partial charge in [0, 0.05) is 47.9 Å². The Morgan fingerprint density at radius 1 is 0.976 bits per heavy atom. The lowest BCUT2D eigenvalue weighted by Crippen LogP contribution is -2.39. The van der Waals surface area contributed by atoms with E-state index in [0.29, 0.717) is 11.5 Å². The Morgan fingerprint density at radius 2 is 1.64 bits per heavy atom. The van der Waals surface area contributed by atoms with E-state index in [1.54, 1.807) is 6.07 Å². The highest BCUT2D eigenvalue weighted by Gasteiger charge is 2.32. The van der Waals surface area contributed by atoms with Crippen LogP contribution in [0.25, 0.3) is 5.69 Å². The number of hydrogen-bond donors (Lipinski definition) is 0. The molecule has 5 rings (SSSR count). The Balaban J connectivity index is 0.000000227. The zero-order chi connectivity index (χ0) is 30.9. The molecule has 2 aliphatic heterocycles. The third-order valence-electron chi connectivity index (χ3n) is 8.12. The summed E-state index contributed by atoms with van der Waals surface area (Å²) in [6.07, 6.45) is 6.27. The molecule has 2 saturated heterocycles. The Kier molecular flexibility index (Phi) is 12.6. The summed E-state index contributed by atoms with van der Waals surface area (Å²) in [7, 11) is 0. The number of piperidine rings is 1. The maximum atomic E-state index is 13.7. The number of benzene rings is 2. The number of nitrogens with zero attached hydrogens (tertiary/aromatic N) is 4. The summed E-state index contributed by atoms with van der Waals surface area (Å²) in [6.45, 7) is 16.1. The van der Waals surface area contributed by atoms with Gasteiger partial charge < -0.3 is 4.90 Å². The highest BCUT2D eigenvalue weighted by atomic mass is 35.5. The van der Waals surface area contributed by atoms with E-state index >= 15 is 0 Å². The zero-order valence-corrected chi connectivity index (χ0v) is 26.8. The Bertz CT molecular complexity index is 1260. The van der Waals surface area contributed by atoms with Crippen LogP contribution >= 0.6 is 11.6 Å². The average molecular weight is 601 g/mol. The van der Waals surface area contributed by atoms with Crippen LogP contribution in [0.1, 0.15) is 83.2 Å². The van der Waals surface area contributed by atoms with E-state index in [9.17, 15) is 13.6 Å². The molecule has 8 heteroatoms. The molecule has 0 aliphatic carbocycles. The van der Waals surface area contributed by atoms with Gasteiger partial charge in [0.05, 0.1) is 11.4 Å². The first-order chi connectivity index (χ1) is 20.0. The second-order valence-electron chi connectivity index (χ2n) is 12.1. The van der Waals surface area contributed by atoms with Crippen LogP contribution in [0, 0.1) is 24.5 Å². The van der Waals surface area contributed by atoms with Crippen molar-refractivity contribution in [2.75, 3.05) is 26.2 Å². The lowest BCUT2D eigenvalue weighted by molar-refractivity contribution is -0.119. The molecule has 0 N–H and O–H groups in total. The Hall–Kier alpha value is -2.77. The van der Waals surface area contributed by atoms with Gasteiger partial charge in [-0.1, -0.05) is 31.5 Å². The summed E-state index contributed by atoms with van der Waals surface area (Å²) >= 11 is 5.97. The summed E-state index contributed by atoms with van der Waals surface area (Å²) in [5.74, 6) is -0.0300. The van der Waals surface area contributed by atoms with Crippen LogP contribution in [0.4, 0.5) is 8.78 Å². The van der Waals surface area contributed by atoms with Crippen LogP contribution in [0.15, 0.2) is 48.5 Å². The maximum absolute atomic E-state index is 13.7. The fourth-order valence-corrected chi connectivity index (χ4v) is 5.82. The summed E-state index contributed by atoms with van der Waals surface area (Å²) in [4.78, 5) is 15.0. The maximum Gasteiger partial charge on any atom is 0.209 e. The number of aryl methyl sites for hydroxylation is 2. The molecule has 0 bridgehead atoms. The summed E-state index contributed by atoms with van der Waals surface area (Å²) in [5.41, 5.74) is 4.09. The van der Waals surface area contributed by atoms with Gasteiger partial charge in [-0.15, -0.1) is 0 Å². The van der Waals surface area contributed by atoms with E-state index < -0.39 is 11.6 Å². The van der Waals surface area contributed by atoms with Crippen molar-refractivity contribution in [3.63, 3.8) is 0 Å². The van der Waals surface area contributed by atoms with Gasteiger partial charge in [0.25, 0.3) is 0 Å². The minimum Gasteiger partial charge on any atom is -0.345 e. The molecule has 3 heterocycles. The predicted octanol–water partition coefficient (Wildman–Crippen LogP) is 8.21. The van der Waals surface area contributed by atoms with Crippen molar-refractivity contribution in [2.45, 2.75) is 85.1 Å². The fraction of sp³-hybridized carbons (Fsp3) is 0.529. The van der Waals surface area contributed by atoms with Gasteiger partial charge in [0.15, 0.2) is 0 Å². The monoisotopic (exact) mass is 600 g/mol. The molecule has 2 fully saturated rings. The quantitative estimate of drug-likeness (QED) is 0.268. The van der Waals surface area contributed by atoms with Crippen molar-refractivity contribution >= 4 is 18.0 Å². The topological polar surface area (TPSA) is 41.4 Å². The third kappa shape index (κ3) is 9.37. The van der Waals surface area contributed by atoms with E-state index in [-0.39, 0.29) is 11.5 Å². The van der Waals surface area contributed by atoms with E-state index in [4.69, 9.17) is 11.6 Å². The summed E-state index contributed by atoms with van der Waals surface area (Å²) in [6, 6.07) is 13.9. The van der Waals surface area contributed by atoms with Crippen LogP contribution in [-0.4, -0.2) is 57.7 Å². The van der Waals surface area contributed by atoms with E-state index in [1.807, 2.05) is 54.6 Å². The van der Waals surface area contributed by atoms with Gasteiger partial charge in [0.1, 0.15) is 11.6 Å². The van der Waals surface area contributed by atoms with Crippen LogP contribution in [0.3, 0.4) is 0 Å². The molecule has 1 amide bonds. The van der Waals surface area contributed by atoms with Crippen molar-refractivity contribution in [1.29, 1.82) is 0 Å². The van der Waals surface area contributed by atoms with Crippen molar-refractivity contribution in [2.24, 2.45) is 5.92 Å². The van der Waals surface area contributed by atoms with Crippen molar-refractivity contribution in [3.05, 3.63) is 82.1 Å². The first-order valence-electron chi connectivity index (χ1n) is 15.2. The van der Waals surface area contributed by atoms with Gasteiger partial charge in [-0.2, -0.15) is 5.10 Å². The second kappa shape index (κ2) is 15.6. The minimum absolute atomic E-state index is 0.116. The van der Waals surface area contributed by atoms with E-state index in [1.165, 1.54) is 11.8 Å². The largest absolute Gasteiger partial charge is 0.345 e. The molecular formula is C34H47ClF2N4O. The number of carbonyl (C=O) groups excluding carboxylic acids is 1. The molecule has 1 aromatic heterocycles. The van der Waals surface area contributed by atoms with E-state index in [0.717, 1.165) is 87.2 Å².